The fourth-order valence-electron chi connectivity index (χ4n) is 3.33. The van der Waals surface area contributed by atoms with Gasteiger partial charge < -0.3 is 10.1 Å². The second kappa shape index (κ2) is 11.2. The van der Waals surface area contributed by atoms with Gasteiger partial charge in [-0.05, 0) is 54.4 Å². The van der Waals surface area contributed by atoms with Crippen LogP contribution in [0.1, 0.15) is 27.0 Å². The molecule has 0 saturated carbocycles. The summed E-state index contributed by atoms with van der Waals surface area (Å²) in [6.07, 6.45) is -3.78. The Bertz CT molecular complexity index is 1330. The van der Waals surface area contributed by atoms with Gasteiger partial charge in [-0.25, -0.2) is 8.42 Å². The van der Waals surface area contributed by atoms with Crippen LogP contribution in [0.3, 0.4) is 0 Å². The highest BCUT2D eigenvalue weighted by atomic mass is 35.5. The lowest BCUT2D eigenvalue weighted by Gasteiger charge is -2.24. The molecule has 0 aliphatic rings. The Hall–Kier alpha value is -3.24. The van der Waals surface area contributed by atoms with E-state index in [2.05, 4.69) is 5.32 Å². The Labute approximate surface area is 212 Å². The van der Waals surface area contributed by atoms with Gasteiger partial charge in [0.2, 0.25) is 10.0 Å². The predicted molar refractivity (Wildman–Crippen MR) is 133 cm³/mol. The largest absolute Gasteiger partial charge is 0.491 e. The summed E-state index contributed by atoms with van der Waals surface area (Å²) in [4.78, 5) is 12.4. The van der Waals surface area contributed by atoms with Crippen LogP contribution in [0, 0.1) is 6.92 Å². The van der Waals surface area contributed by atoms with E-state index in [1.54, 1.807) is 0 Å². The number of aryl methyl sites for hydroxylation is 1. The summed E-state index contributed by atoms with van der Waals surface area (Å²) in [6.45, 7) is 2.19. The van der Waals surface area contributed by atoms with Crippen LogP contribution in [0.15, 0.2) is 66.7 Å². The minimum Gasteiger partial charge on any atom is -0.491 e. The summed E-state index contributed by atoms with van der Waals surface area (Å²) in [5.74, 6) is 0.378. The number of nitrogens with zero attached hydrogens (tertiary/aromatic N) is 1. The molecule has 6 nitrogen and oxygen atoms in total. The molecule has 0 aromatic heterocycles. The van der Waals surface area contributed by atoms with E-state index in [0.717, 1.165) is 34.0 Å². The highest BCUT2D eigenvalue weighted by Gasteiger charge is 2.32. The Morgan fingerprint density at radius 2 is 1.72 bits per heavy atom. The van der Waals surface area contributed by atoms with E-state index >= 15 is 0 Å². The topological polar surface area (TPSA) is 75.7 Å². The number of carbonyl (C=O) groups excluding carboxylic acids is 1. The van der Waals surface area contributed by atoms with Crippen molar-refractivity contribution in [2.75, 3.05) is 23.7 Å². The molecule has 0 aliphatic carbocycles. The SMILES string of the molecule is Cc1ccccc1OCCNC(=O)c1ccc(CN(c2cc(C(F)(F)F)ccc2Cl)S(C)(=O)=O)cc1. The summed E-state index contributed by atoms with van der Waals surface area (Å²) in [5, 5.41) is 2.59. The van der Waals surface area contributed by atoms with Crippen LogP contribution in [0.5, 0.6) is 5.75 Å². The maximum Gasteiger partial charge on any atom is 0.416 e. The Morgan fingerprint density at radius 1 is 1.06 bits per heavy atom. The van der Waals surface area contributed by atoms with Gasteiger partial charge in [0.1, 0.15) is 12.4 Å². The fourth-order valence-corrected chi connectivity index (χ4v) is 4.50. The van der Waals surface area contributed by atoms with Crippen LogP contribution in [-0.4, -0.2) is 33.7 Å². The second-order valence-corrected chi connectivity index (χ2v) is 10.3. The number of rotatable bonds is 9. The first-order chi connectivity index (χ1) is 16.9. The summed E-state index contributed by atoms with van der Waals surface area (Å²) in [6, 6.07) is 16.1. The molecule has 0 atom stereocenters. The molecule has 3 aromatic rings. The minimum absolute atomic E-state index is 0.141. The number of benzene rings is 3. The molecule has 11 heteroatoms. The minimum atomic E-state index is -4.66. The van der Waals surface area contributed by atoms with Crippen LogP contribution in [-0.2, 0) is 22.7 Å². The van der Waals surface area contributed by atoms with E-state index in [4.69, 9.17) is 16.3 Å². The molecule has 3 rings (SSSR count). The number of carbonyl (C=O) groups is 1. The summed E-state index contributed by atoms with van der Waals surface area (Å²) < 4.78 is 70.7. The summed E-state index contributed by atoms with van der Waals surface area (Å²) in [7, 11) is -3.98. The number of nitrogens with one attached hydrogen (secondary N) is 1. The molecule has 1 amide bonds. The molecular formula is C25H24ClF3N2O4S. The van der Waals surface area contributed by atoms with Gasteiger partial charge in [-0.1, -0.05) is 41.9 Å². The number of hydrogen-bond acceptors (Lipinski definition) is 4. The molecule has 0 unspecified atom stereocenters. The maximum atomic E-state index is 13.2. The zero-order valence-electron chi connectivity index (χ0n) is 19.5. The second-order valence-electron chi connectivity index (χ2n) is 8.00. The molecule has 0 saturated heterocycles. The number of sulfonamides is 1. The monoisotopic (exact) mass is 540 g/mol. The van der Waals surface area contributed by atoms with Gasteiger partial charge in [-0.3, -0.25) is 9.10 Å². The van der Waals surface area contributed by atoms with Gasteiger partial charge in [-0.2, -0.15) is 13.2 Å². The number of amides is 1. The quantitative estimate of drug-likeness (QED) is 0.367. The van der Waals surface area contributed by atoms with Crippen molar-refractivity contribution in [1.29, 1.82) is 0 Å². The molecule has 36 heavy (non-hydrogen) atoms. The fraction of sp³-hybridized carbons (Fsp3) is 0.240. The average molecular weight is 541 g/mol. The number of para-hydroxylation sites is 1. The van der Waals surface area contributed by atoms with Gasteiger partial charge in [0.25, 0.3) is 5.91 Å². The van der Waals surface area contributed by atoms with Gasteiger partial charge >= 0.3 is 6.18 Å². The maximum absolute atomic E-state index is 13.2. The Morgan fingerprint density at radius 3 is 2.33 bits per heavy atom. The number of halogens is 4. The average Bonchev–Trinajstić information content (AvgIpc) is 2.80. The van der Waals surface area contributed by atoms with E-state index in [9.17, 15) is 26.4 Å². The van der Waals surface area contributed by atoms with Gasteiger partial charge in [0.05, 0.1) is 35.6 Å². The highest BCUT2D eigenvalue weighted by Crippen LogP contribution is 2.36. The number of hydrogen-bond donors (Lipinski definition) is 1. The molecule has 1 N–H and O–H groups in total. The number of ether oxygens (including phenoxy) is 1. The third kappa shape index (κ3) is 7.14. The van der Waals surface area contributed by atoms with Crippen molar-refractivity contribution in [3.8, 4) is 5.75 Å². The van der Waals surface area contributed by atoms with Gasteiger partial charge in [-0.15, -0.1) is 0 Å². The van der Waals surface area contributed by atoms with Crippen molar-refractivity contribution < 1.29 is 31.1 Å². The summed E-state index contributed by atoms with van der Waals surface area (Å²) >= 11 is 6.05. The first-order valence-electron chi connectivity index (χ1n) is 10.8. The van der Waals surface area contributed by atoms with E-state index in [1.165, 1.54) is 24.3 Å². The Kier molecular flexibility index (Phi) is 8.52. The number of alkyl halides is 3. The third-order valence-corrected chi connectivity index (χ3v) is 6.67. The summed E-state index contributed by atoms with van der Waals surface area (Å²) in [5.41, 5.74) is 0.457. The van der Waals surface area contributed by atoms with Crippen LogP contribution >= 0.6 is 11.6 Å². The molecule has 0 heterocycles. The highest BCUT2D eigenvalue weighted by molar-refractivity contribution is 7.92. The van der Waals surface area contributed by atoms with E-state index in [0.29, 0.717) is 17.2 Å². The van der Waals surface area contributed by atoms with Crippen molar-refractivity contribution in [3.63, 3.8) is 0 Å². The normalized spacial score (nSPS) is 11.7. The third-order valence-electron chi connectivity index (χ3n) is 5.22. The first kappa shape index (κ1) is 27.3. The van der Waals surface area contributed by atoms with E-state index in [1.807, 2.05) is 31.2 Å². The zero-order chi connectivity index (χ0) is 26.5. The van der Waals surface area contributed by atoms with E-state index < -0.39 is 21.8 Å². The van der Waals surface area contributed by atoms with Crippen molar-refractivity contribution >= 4 is 33.2 Å². The van der Waals surface area contributed by atoms with Crippen LogP contribution in [0.25, 0.3) is 0 Å². The van der Waals surface area contributed by atoms with Crippen molar-refractivity contribution in [1.82, 2.24) is 5.32 Å². The molecule has 0 spiro atoms. The lowest BCUT2D eigenvalue weighted by molar-refractivity contribution is -0.137. The number of anilines is 1. The first-order valence-corrected chi connectivity index (χ1v) is 13.0. The predicted octanol–water partition coefficient (Wildman–Crippen LogP) is 5.44. The van der Waals surface area contributed by atoms with Crippen LogP contribution in [0.4, 0.5) is 18.9 Å². The molecule has 0 fully saturated rings. The molecule has 0 aliphatic heterocycles. The van der Waals surface area contributed by atoms with Crippen LogP contribution < -0.4 is 14.4 Å². The lowest BCUT2D eigenvalue weighted by Crippen LogP contribution is -2.30. The standard InChI is InChI=1S/C25H24ClF3N2O4S/c1-17-5-3-4-6-23(17)35-14-13-30-24(32)19-9-7-18(8-10-19)16-31(36(2,33)34)22-15-20(25(27,28)29)11-12-21(22)26/h3-12,15H,13-14,16H2,1-2H3,(H,30,32). The Balaban J connectivity index is 1.67. The molecule has 3 aromatic carbocycles. The van der Waals surface area contributed by atoms with E-state index in [-0.39, 0.29) is 36.3 Å². The molecule has 0 bridgehead atoms. The molecule has 0 radical (unpaired) electrons. The van der Waals surface area contributed by atoms with Gasteiger partial charge in [0, 0.05) is 5.56 Å². The van der Waals surface area contributed by atoms with Crippen molar-refractivity contribution in [2.45, 2.75) is 19.6 Å². The zero-order valence-corrected chi connectivity index (χ0v) is 21.0. The van der Waals surface area contributed by atoms with Gasteiger partial charge in [0.15, 0.2) is 0 Å². The molecular weight excluding hydrogens is 517 g/mol. The molecule has 192 valence electrons. The lowest BCUT2D eigenvalue weighted by atomic mass is 10.1. The van der Waals surface area contributed by atoms with Crippen molar-refractivity contribution in [3.05, 3.63) is 94.0 Å². The smallest absolute Gasteiger partial charge is 0.416 e. The van der Waals surface area contributed by atoms with Crippen LogP contribution in [0.2, 0.25) is 5.02 Å². The van der Waals surface area contributed by atoms with Crippen molar-refractivity contribution in [2.24, 2.45) is 0 Å².